The summed E-state index contributed by atoms with van der Waals surface area (Å²) < 4.78 is 12.6. The van der Waals surface area contributed by atoms with Gasteiger partial charge < -0.3 is 4.90 Å². The van der Waals surface area contributed by atoms with Crippen LogP contribution in [0.15, 0.2) is 56.5 Å². The average Bonchev–Trinajstić information content (AvgIpc) is 2.53. The van der Waals surface area contributed by atoms with E-state index in [1.807, 2.05) is 12.3 Å². The molecule has 2 nitrogen and oxygen atoms in total. The molecule has 22 heavy (non-hydrogen) atoms. The van der Waals surface area contributed by atoms with Crippen molar-refractivity contribution in [3.63, 3.8) is 0 Å². The number of hydrogen-bond donors (Lipinski definition) is 0. The molecule has 5 heteroatoms. The zero-order valence-corrected chi connectivity index (χ0v) is 15.1. The van der Waals surface area contributed by atoms with Gasteiger partial charge >= 0.3 is 0 Å². The molecule has 0 N–H and O–H groups in total. The molecule has 1 unspecified atom stereocenters. The molecule has 3 rings (SSSR count). The van der Waals surface area contributed by atoms with Gasteiger partial charge in [-0.2, -0.15) is 0 Å². The minimum atomic E-state index is -0.945. The van der Waals surface area contributed by atoms with Crippen molar-refractivity contribution in [3.8, 4) is 0 Å². The molecular formula is C17H17NOS3. The van der Waals surface area contributed by atoms with Gasteiger partial charge in [-0.3, -0.25) is 4.21 Å². The number of rotatable bonds is 3. The minimum absolute atomic E-state index is 0.895. The maximum Gasteiger partial charge on any atom is 0.0716 e. The van der Waals surface area contributed by atoms with E-state index in [9.17, 15) is 4.21 Å². The molecule has 114 valence electrons. The van der Waals surface area contributed by atoms with E-state index in [1.54, 1.807) is 29.8 Å². The van der Waals surface area contributed by atoms with Crippen LogP contribution in [0.25, 0.3) is 6.08 Å². The number of fused-ring (bicyclic) bond motifs is 2. The third-order valence-corrected chi connectivity index (χ3v) is 7.10. The van der Waals surface area contributed by atoms with Crippen LogP contribution in [0.2, 0.25) is 0 Å². The summed E-state index contributed by atoms with van der Waals surface area (Å²) in [6, 6.07) is 14.8. The van der Waals surface area contributed by atoms with Gasteiger partial charge in [0, 0.05) is 23.1 Å². The predicted octanol–water partition coefficient (Wildman–Crippen LogP) is 4.96. The number of thioether (sulfide) groups is 1. The fourth-order valence-electron chi connectivity index (χ4n) is 2.44. The lowest BCUT2D eigenvalue weighted by Crippen LogP contribution is -2.14. The molecule has 1 heterocycles. The van der Waals surface area contributed by atoms with Crippen molar-refractivity contribution in [3.05, 3.63) is 52.3 Å². The predicted molar refractivity (Wildman–Crippen MR) is 101 cm³/mol. The molecular weight excluding hydrogens is 330 g/mol. The van der Waals surface area contributed by atoms with E-state index in [4.69, 9.17) is 0 Å². The minimum Gasteiger partial charge on any atom is -0.343 e. The zero-order chi connectivity index (χ0) is 15.7. The molecule has 1 aliphatic heterocycles. The van der Waals surface area contributed by atoms with E-state index >= 15 is 0 Å². The van der Waals surface area contributed by atoms with Gasteiger partial charge in [-0.15, -0.1) is 11.8 Å². The standard InChI is InChI=1S/C17H17NOS3/c1-18-13-6-4-5-7-15(13)21-16-9-8-12(10-14(16)18)11-17(20-2)22(3)19/h4-11H,1-3H3. The Balaban J connectivity index is 2.02. The summed E-state index contributed by atoms with van der Waals surface area (Å²) in [5.41, 5.74) is 3.51. The lowest BCUT2D eigenvalue weighted by atomic mass is 10.1. The number of benzene rings is 2. The van der Waals surface area contributed by atoms with Crippen LogP contribution in [0.3, 0.4) is 0 Å². The summed E-state index contributed by atoms with van der Waals surface area (Å²) in [6.07, 6.45) is 5.70. The lowest BCUT2D eigenvalue weighted by Gasteiger charge is -2.29. The molecule has 0 aliphatic carbocycles. The molecule has 2 aromatic rings. The Bertz CT molecular complexity index is 770. The normalized spacial score (nSPS) is 15.2. The third-order valence-electron chi connectivity index (χ3n) is 3.56. The van der Waals surface area contributed by atoms with Crippen LogP contribution < -0.4 is 4.90 Å². The number of para-hydroxylation sites is 1. The summed E-state index contributed by atoms with van der Waals surface area (Å²) in [7, 11) is 1.15. The lowest BCUT2D eigenvalue weighted by molar-refractivity contribution is 0.691. The van der Waals surface area contributed by atoms with Crippen LogP contribution in [0, 0.1) is 0 Å². The van der Waals surface area contributed by atoms with Crippen LogP contribution in [0.1, 0.15) is 5.56 Å². The van der Waals surface area contributed by atoms with Crippen molar-refractivity contribution in [1.29, 1.82) is 0 Å². The SMILES string of the molecule is CSC(=Cc1ccc2c(c1)N(C)c1ccccc1S2)S(C)=O. The van der Waals surface area contributed by atoms with Crippen molar-refractivity contribution in [2.75, 3.05) is 24.5 Å². The van der Waals surface area contributed by atoms with Gasteiger partial charge in [0.1, 0.15) is 0 Å². The first kappa shape index (κ1) is 15.7. The maximum absolute atomic E-state index is 11.7. The Morgan fingerprint density at radius 3 is 2.64 bits per heavy atom. The van der Waals surface area contributed by atoms with Gasteiger partial charge in [-0.1, -0.05) is 30.0 Å². The average molecular weight is 348 g/mol. The Hall–Kier alpha value is -1.17. The molecule has 0 bridgehead atoms. The van der Waals surface area contributed by atoms with Crippen molar-refractivity contribution < 1.29 is 4.21 Å². The van der Waals surface area contributed by atoms with Crippen molar-refractivity contribution in [2.24, 2.45) is 0 Å². The highest BCUT2D eigenvalue weighted by atomic mass is 32.2. The van der Waals surface area contributed by atoms with Gasteiger partial charge in [0.15, 0.2) is 0 Å². The van der Waals surface area contributed by atoms with Gasteiger partial charge in [0.25, 0.3) is 0 Å². The van der Waals surface area contributed by atoms with E-state index in [0.29, 0.717) is 0 Å². The number of anilines is 2. The highest BCUT2D eigenvalue weighted by Crippen LogP contribution is 2.47. The topological polar surface area (TPSA) is 20.3 Å². The summed E-state index contributed by atoms with van der Waals surface area (Å²) in [5.74, 6) is 0. The van der Waals surface area contributed by atoms with E-state index in [1.165, 1.54) is 21.2 Å². The first-order chi connectivity index (χ1) is 10.6. The van der Waals surface area contributed by atoms with E-state index < -0.39 is 10.8 Å². The maximum atomic E-state index is 11.7. The highest BCUT2D eigenvalue weighted by molar-refractivity contribution is 8.16. The Morgan fingerprint density at radius 2 is 1.91 bits per heavy atom. The summed E-state index contributed by atoms with van der Waals surface area (Å²) in [6.45, 7) is 0. The second kappa shape index (κ2) is 6.52. The summed E-state index contributed by atoms with van der Waals surface area (Å²) in [5, 5.41) is 0. The van der Waals surface area contributed by atoms with Crippen molar-refractivity contribution in [2.45, 2.75) is 9.79 Å². The van der Waals surface area contributed by atoms with Gasteiger partial charge in [0.05, 0.1) is 26.4 Å². The number of nitrogens with zero attached hydrogens (tertiary/aromatic N) is 1. The first-order valence-electron chi connectivity index (χ1n) is 6.84. The molecule has 0 saturated heterocycles. The van der Waals surface area contributed by atoms with Gasteiger partial charge in [0.2, 0.25) is 0 Å². The van der Waals surface area contributed by atoms with E-state index in [0.717, 1.165) is 9.80 Å². The molecule has 0 amide bonds. The van der Waals surface area contributed by atoms with Crippen molar-refractivity contribution >= 4 is 51.8 Å². The largest absolute Gasteiger partial charge is 0.343 e. The molecule has 0 radical (unpaired) electrons. The van der Waals surface area contributed by atoms with Crippen LogP contribution in [0.5, 0.6) is 0 Å². The fraction of sp³-hybridized carbons (Fsp3) is 0.176. The molecule has 0 fully saturated rings. The fourth-order valence-corrected chi connectivity index (χ4v) is 5.06. The van der Waals surface area contributed by atoms with Crippen LogP contribution in [-0.4, -0.2) is 23.8 Å². The van der Waals surface area contributed by atoms with Crippen LogP contribution in [0.4, 0.5) is 11.4 Å². The highest BCUT2D eigenvalue weighted by Gasteiger charge is 2.20. The summed E-state index contributed by atoms with van der Waals surface area (Å²) >= 11 is 3.34. The molecule has 0 saturated carbocycles. The molecule has 1 atom stereocenters. The van der Waals surface area contributed by atoms with Crippen LogP contribution in [-0.2, 0) is 10.8 Å². The van der Waals surface area contributed by atoms with E-state index in [2.05, 4.69) is 54.4 Å². The Labute approximate surface area is 142 Å². The second-order valence-electron chi connectivity index (χ2n) is 4.98. The molecule has 0 aromatic heterocycles. The zero-order valence-electron chi connectivity index (χ0n) is 12.7. The molecule has 2 aromatic carbocycles. The van der Waals surface area contributed by atoms with Crippen LogP contribution >= 0.6 is 23.5 Å². The second-order valence-corrected chi connectivity index (χ2v) is 8.52. The third kappa shape index (κ3) is 2.98. The Morgan fingerprint density at radius 1 is 1.18 bits per heavy atom. The Kier molecular flexibility index (Phi) is 4.66. The monoisotopic (exact) mass is 347 g/mol. The van der Waals surface area contributed by atoms with Crippen molar-refractivity contribution in [1.82, 2.24) is 0 Å². The molecule has 0 spiro atoms. The van der Waals surface area contributed by atoms with Gasteiger partial charge in [-0.25, -0.2) is 0 Å². The smallest absolute Gasteiger partial charge is 0.0716 e. The quantitative estimate of drug-likeness (QED) is 0.782. The van der Waals surface area contributed by atoms with Gasteiger partial charge in [-0.05, 0) is 42.2 Å². The number of hydrogen-bond acceptors (Lipinski definition) is 4. The molecule has 1 aliphatic rings. The summed E-state index contributed by atoms with van der Waals surface area (Å²) in [4.78, 5) is 4.75. The first-order valence-corrected chi connectivity index (χ1v) is 10.4. The van der Waals surface area contributed by atoms with E-state index in [-0.39, 0.29) is 0 Å².